The van der Waals surface area contributed by atoms with Crippen molar-refractivity contribution in [3.8, 4) is 0 Å². The molecule has 1 atom stereocenters. The molecule has 1 aliphatic rings. The molecule has 1 saturated heterocycles. The van der Waals surface area contributed by atoms with Crippen molar-refractivity contribution in [2.24, 2.45) is 5.10 Å². The monoisotopic (exact) mass is 499 g/mol. The van der Waals surface area contributed by atoms with Crippen LogP contribution in [0.4, 0.5) is 5.82 Å². The average Bonchev–Trinajstić information content (AvgIpc) is 3.63. The number of aromatic nitrogens is 5. The molecule has 0 aliphatic carbocycles. The van der Waals surface area contributed by atoms with E-state index in [0.717, 1.165) is 60.3 Å². The van der Waals surface area contributed by atoms with Gasteiger partial charge in [-0.1, -0.05) is 6.07 Å². The summed E-state index contributed by atoms with van der Waals surface area (Å²) in [5, 5.41) is 12.5. The van der Waals surface area contributed by atoms with Gasteiger partial charge in [-0.2, -0.15) is 10.2 Å². The van der Waals surface area contributed by atoms with Crippen molar-refractivity contribution in [1.82, 2.24) is 34.1 Å². The second-order valence-electron chi connectivity index (χ2n) is 9.52. The number of hydrazone groups is 1. The third-order valence-electron chi connectivity index (χ3n) is 7.01. The Morgan fingerprint density at radius 1 is 1.27 bits per heavy atom. The van der Waals surface area contributed by atoms with Crippen molar-refractivity contribution in [3.05, 3.63) is 65.9 Å². The first-order valence-electron chi connectivity index (χ1n) is 12.7. The molecule has 2 N–H and O–H groups in total. The van der Waals surface area contributed by atoms with Crippen molar-refractivity contribution in [1.29, 1.82) is 0 Å². The number of carbonyl (C=O) groups is 1. The molecule has 0 spiro atoms. The molecular weight excluding hydrogens is 466 g/mol. The van der Waals surface area contributed by atoms with Crippen LogP contribution >= 0.6 is 0 Å². The average molecular weight is 500 g/mol. The van der Waals surface area contributed by atoms with E-state index in [2.05, 4.69) is 38.3 Å². The zero-order valence-corrected chi connectivity index (χ0v) is 21.6. The van der Waals surface area contributed by atoms with Crippen LogP contribution in [0.1, 0.15) is 42.8 Å². The quantitative estimate of drug-likeness (QED) is 0.163. The first kappa shape index (κ1) is 24.6. The van der Waals surface area contributed by atoms with E-state index in [1.807, 2.05) is 42.0 Å². The maximum Gasteiger partial charge on any atom is 0.164 e. The highest BCUT2D eigenvalue weighted by atomic mass is 16.1. The molecule has 0 aromatic carbocycles. The van der Waals surface area contributed by atoms with Crippen LogP contribution in [0.5, 0.6) is 0 Å². The number of likely N-dealkylation sites (N-methyl/N-ethyl adjacent to an activating group) is 1. The normalized spacial score (nSPS) is 15.8. The molecule has 10 nitrogen and oxygen atoms in total. The van der Waals surface area contributed by atoms with Crippen LogP contribution < -0.4 is 5.73 Å². The predicted molar refractivity (Wildman–Crippen MR) is 146 cm³/mol. The van der Waals surface area contributed by atoms with E-state index in [9.17, 15) is 4.79 Å². The van der Waals surface area contributed by atoms with Gasteiger partial charge >= 0.3 is 0 Å². The number of anilines is 1. The number of rotatable bonds is 9. The number of aldehydes is 1. The number of hydrogen-bond donors (Lipinski definition) is 1. The molecule has 4 aromatic rings. The Morgan fingerprint density at radius 2 is 2.08 bits per heavy atom. The second-order valence-corrected chi connectivity index (χ2v) is 9.52. The molecule has 1 aliphatic heterocycles. The maximum atomic E-state index is 11.3. The Balaban J connectivity index is 1.60. The molecule has 192 valence electrons. The molecule has 0 amide bonds. The fourth-order valence-electron chi connectivity index (χ4n) is 5.12. The lowest BCUT2D eigenvalue weighted by Gasteiger charge is -2.21. The third-order valence-corrected chi connectivity index (χ3v) is 7.01. The molecule has 1 fully saturated rings. The van der Waals surface area contributed by atoms with Crippen LogP contribution in [-0.4, -0.2) is 79.3 Å². The fraction of sp³-hybridized carbons (Fsp3) is 0.370. The summed E-state index contributed by atoms with van der Waals surface area (Å²) in [4.78, 5) is 22.4. The minimum Gasteiger partial charge on any atom is -0.383 e. The molecule has 0 bridgehead atoms. The first-order chi connectivity index (χ1) is 18.0. The van der Waals surface area contributed by atoms with Gasteiger partial charge in [-0.25, -0.2) is 14.6 Å². The minimum atomic E-state index is -0.190. The van der Waals surface area contributed by atoms with Crippen molar-refractivity contribution >= 4 is 34.4 Å². The predicted octanol–water partition coefficient (Wildman–Crippen LogP) is 3.07. The van der Waals surface area contributed by atoms with Crippen molar-refractivity contribution in [2.75, 3.05) is 39.0 Å². The summed E-state index contributed by atoms with van der Waals surface area (Å²) in [6.07, 6.45) is 10.0. The largest absolute Gasteiger partial charge is 0.383 e. The number of fused-ring (bicyclic) bond motifs is 2. The Kier molecular flexibility index (Phi) is 7.00. The van der Waals surface area contributed by atoms with Gasteiger partial charge in [-0.3, -0.25) is 9.80 Å². The van der Waals surface area contributed by atoms with Crippen LogP contribution in [0.2, 0.25) is 0 Å². The van der Waals surface area contributed by atoms with E-state index in [1.54, 1.807) is 6.08 Å². The van der Waals surface area contributed by atoms with Gasteiger partial charge < -0.3 is 15.0 Å². The SMILES string of the molecule is Cc1nn(C(C)c2cc3ccccn3c2C(/C=C\C=O)=NN(C)CCN2CCCC2)c2ncnc(N)c12. The van der Waals surface area contributed by atoms with E-state index in [4.69, 9.17) is 15.9 Å². The summed E-state index contributed by atoms with van der Waals surface area (Å²) in [5.74, 6) is 0.416. The minimum absolute atomic E-state index is 0.190. The Bertz CT molecular complexity index is 1480. The molecular formula is C27H33N9O. The fourth-order valence-corrected chi connectivity index (χ4v) is 5.12. The smallest absolute Gasteiger partial charge is 0.164 e. The third kappa shape index (κ3) is 4.84. The lowest BCUT2D eigenvalue weighted by atomic mass is 10.1. The van der Waals surface area contributed by atoms with Crippen LogP contribution in [0.25, 0.3) is 16.6 Å². The van der Waals surface area contributed by atoms with Crippen molar-refractivity contribution < 1.29 is 4.79 Å². The van der Waals surface area contributed by atoms with Crippen LogP contribution in [0.3, 0.4) is 0 Å². The number of nitrogens with zero attached hydrogens (tertiary/aromatic N) is 8. The molecule has 4 aromatic heterocycles. The number of carbonyl (C=O) groups excluding carboxylic acids is 1. The van der Waals surface area contributed by atoms with Gasteiger partial charge in [0.1, 0.15) is 24.1 Å². The number of hydrogen-bond acceptors (Lipinski definition) is 8. The van der Waals surface area contributed by atoms with E-state index < -0.39 is 0 Å². The lowest BCUT2D eigenvalue weighted by Crippen LogP contribution is -2.29. The van der Waals surface area contributed by atoms with Gasteiger partial charge in [-0.15, -0.1) is 0 Å². The topological polar surface area (TPSA) is 110 Å². The standard InChI is InChI=1S/C27H33N9O/c1-19-24-26(28)29-18-30-27(24)36(31-19)20(2)22-17-21-9-4-5-13-35(21)25(22)23(10-8-16-37)32-33(3)14-15-34-11-6-7-12-34/h4-5,8-10,13,16-18,20H,6-7,11-12,14-15H2,1-3H3,(H2,28,29,30)/b10-8-,32-23?. The number of likely N-dealkylation sites (tertiary alicyclic amines) is 1. The summed E-state index contributed by atoms with van der Waals surface area (Å²) < 4.78 is 4.00. The van der Waals surface area contributed by atoms with E-state index in [1.165, 1.54) is 25.2 Å². The summed E-state index contributed by atoms with van der Waals surface area (Å²) in [6, 6.07) is 8.01. The summed E-state index contributed by atoms with van der Waals surface area (Å²) in [6.45, 7) is 8.05. The number of allylic oxidation sites excluding steroid dienone is 2. The van der Waals surface area contributed by atoms with Crippen molar-refractivity contribution in [3.63, 3.8) is 0 Å². The lowest BCUT2D eigenvalue weighted by molar-refractivity contribution is -0.104. The second kappa shape index (κ2) is 10.5. The zero-order valence-electron chi connectivity index (χ0n) is 21.6. The number of nitrogens with two attached hydrogens (primary N) is 1. The van der Waals surface area contributed by atoms with Crippen LogP contribution in [0, 0.1) is 6.92 Å². The van der Waals surface area contributed by atoms with Gasteiger partial charge in [-0.05, 0) is 70.1 Å². The maximum absolute atomic E-state index is 11.3. The van der Waals surface area contributed by atoms with Gasteiger partial charge in [0, 0.05) is 37.4 Å². The Morgan fingerprint density at radius 3 is 2.86 bits per heavy atom. The van der Waals surface area contributed by atoms with E-state index in [0.29, 0.717) is 17.2 Å². The van der Waals surface area contributed by atoms with Crippen LogP contribution in [-0.2, 0) is 4.79 Å². The van der Waals surface area contributed by atoms with Gasteiger partial charge in [0.15, 0.2) is 5.65 Å². The van der Waals surface area contributed by atoms with Gasteiger partial charge in [0.05, 0.1) is 22.8 Å². The molecule has 1 unspecified atom stereocenters. The summed E-state index contributed by atoms with van der Waals surface area (Å²) in [7, 11) is 1.98. The highest BCUT2D eigenvalue weighted by molar-refractivity contribution is 6.10. The molecule has 5 rings (SSSR count). The molecule has 0 radical (unpaired) electrons. The van der Waals surface area contributed by atoms with Crippen molar-refractivity contribution in [2.45, 2.75) is 32.7 Å². The van der Waals surface area contributed by atoms with Gasteiger partial charge in [0.25, 0.3) is 0 Å². The zero-order chi connectivity index (χ0) is 25.9. The highest BCUT2D eigenvalue weighted by Gasteiger charge is 2.24. The highest BCUT2D eigenvalue weighted by Crippen LogP contribution is 2.31. The number of nitrogen functional groups attached to an aromatic ring is 1. The van der Waals surface area contributed by atoms with E-state index in [-0.39, 0.29) is 6.04 Å². The van der Waals surface area contributed by atoms with Crippen LogP contribution in [0.15, 0.2) is 54.0 Å². The van der Waals surface area contributed by atoms with E-state index >= 15 is 0 Å². The molecule has 37 heavy (non-hydrogen) atoms. The number of pyridine rings is 1. The Labute approximate surface area is 216 Å². The molecule has 0 saturated carbocycles. The molecule has 10 heteroatoms. The number of aryl methyl sites for hydroxylation is 1. The first-order valence-corrected chi connectivity index (χ1v) is 12.7. The Hall–Kier alpha value is -4.05. The molecule has 5 heterocycles. The summed E-state index contributed by atoms with van der Waals surface area (Å²) >= 11 is 0. The van der Waals surface area contributed by atoms with Gasteiger partial charge in [0.2, 0.25) is 0 Å². The summed E-state index contributed by atoms with van der Waals surface area (Å²) in [5.41, 5.74) is 11.2.